The van der Waals surface area contributed by atoms with E-state index in [1.807, 2.05) is 6.20 Å². The molecule has 2 saturated heterocycles. The van der Waals surface area contributed by atoms with Crippen molar-refractivity contribution in [1.82, 2.24) is 15.1 Å². The summed E-state index contributed by atoms with van der Waals surface area (Å²) in [6, 6.07) is 0.0414. The zero-order valence-corrected chi connectivity index (χ0v) is 18.6. The van der Waals surface area contributed by atoms with E-state index in [1.165, 1.54) is 44.9 Å². The molecule has 6 rings (SSSR count). The minimum absolute atomic E-state index is 0.00447. The van der Waals surface area contributed by atoms with Gasteiger partial charge in [-0.25, -0.2) is 4.39 Å². The molecule has 172 valence electrons. The zero-order valence-electron chi connectivity index (χ0n) is 18.6. The molecule has 0 bridgehead atoms. The van der Waals surface area contributed by atoms with Crippen molar-refractivity contribution in [1.29, 1.82) is 0 Å². The van der Waals surface area contributed by atoms with Crippen LogP contribution in [0, 0.1) is 17.8 Å². The molecule has 3 aliphatic heterocycles. The van der Waals surface area contributed by atoms with Gasteiger partial charge in [-0.1, -0.05) is 25.7 Å². The smallest absolute Gasteiger partial charge is 0.162 e. The highest BCUT2D eigenvalue weighted by atomic mass is 19.1. The van der Waals surface area contributed by atoms with Gasteiger partial charge in [0, 0.05) is 25.2 Å². The summed E-state index contributed by atoms with van der Waals surface area (Å²) < 4.78 is 22.2. The highest BCUT2D eigenvalue weighted by molar-refractivity contribution is 5.93. The normalized spacial score (nSPS) is 47.1. The molecule has 9 atom stereocenters. The van der Waals surface area contributed by atoms with Crippen molar-refractivity contribution in [2.75, 3.05) is 26.2 Å². The van der Waals surface area contributed by atoms with E-state index >= 15 is 4.39 Å². The van der Waals surface area contributed by atoms with Gasteiger partial charge in [0.2, 0.25) is 0 Å². The van der Waals surface area contributed by atoms with Crippen molar-refractivity contribution in [3.63, 3.8) is 0 Å². The lowest BCUT2D eigenvalue weighted by Gasteiger charge is -2.60. The first-order valence-corrected chi connectivity index (χ1v) is 12.9. The Morgan fingerprint density at radius 2 is 1.84 bits per heavy atom. The van der Waals surface area contributed by atoms with Gasteiger partial charge in [0.25, 0.3) is 0 Å². The molecular formula is C25H38FN3O2. The SMILES string of the molecule is O=C1C=CN2C3CC4CCCCC4CC3OC3C(NCCN4CCCC4)C(F)CC1C32. The minimum Gasteiger partial charge on any atom is -0.369 e. The van der Waals surface area contributed by atoms with Crippen LogP contribution in [0.1, 0.15) is 57.8 Å². The molecule has 9 unspecified atom stereocenters. The van der Waals surface area contributed by atoms with Crippen LogP contribution < -0.4 is 5.32 Å². The fourth-order valence-electron chi connectivity index (χ4n) is 7.84. The standard InChI is InChI=1S/C25H38FN3O2/c26-19-15-18-21(30)7-11-29-20-13-16-5-1-2-6-17(16)14-22(20)31-25(24(18)29)23(19)27-8-12-28-9-3-4-10-28/h7,11,16-20,22-25,27H,1-6,8-10,12-15H2. The number of likely N-dealkylation sites (tertiary alicyclic amines) is 1. The summed E-state index contributed by atoms with van der Waals surface area (Å²) in [6.45, 7) is 4.10. The lowest BCUT2D eigenvalue weighted by atomic mass is 9.65. The first-order valence-electron chi connectivity index (χ1n) is 12.9. The number of ether oxygens (including phenoxy) is 1. The Balaban J connectivity index is 1.22. The number of ketones is 1. The lowest BCUT2D eigenvalue weighted by molar-refractivity contribution is -0.207. The number of allylic oxidation sites excluding steroid dienone is 1. The summed E-state index contributed by atoms with van der Waals surface area (Å²) in [5.74, 6) is 1.40. The van der Waals surface area contributed by atoms with E-state index in [0.29, 0.717) is 12.5 Å². The molecule has 0 spiro atoms. The van der Waals surface area contributed by atoms with E-state index in [0.717, 1.165) is 44.4 Å². The predicted octanol–water partition coefficient (Wildman–Crippen LogP) is 2.90. The van der Waals surface area contributed by atoms with E-state index in [1.54, 1.807) is 6.08 Å². The molecule has 0 aromatic heterocycles. The Bertz CT molecular complexity index is 711. The Morgan fingerprint density at radius 1 is 1.06 bits per heavy atom. The van der Waals surface area contributed by atoms with Gasteiger partial charge in [-0.15, -0.1) is 0 Å². The molecule has 6 aliphatic rings. The molecule has 3 saturated carbocycles. The average molecular weight is 432 g/mol. The molecule has 0 aromatic rings. The Labute approximate surface area is 185 Å². The van der Waals surface area contributed by atoms with Crippen LogP contribution in [-0.4, -0.2) is 78.3 Å². The van der Waals surface area contributed by atoms with Gasteiger partial charge in [0.1, 0.15) is 6.17 Å². The maximum absolute atomic E-state index is 15.4. The fraction of sp³-hybridized carbons (Fsp3) is 0.880. The highest BCUT2D eigenvalue weighted by Crippen LogP contribution is 2.49. The third-order valence-electron chi connectivity index (χ3n) is 9.39. The van der Waals surface area contributed by atoms with Crippen LogP contribution in [-0.2, 0) is 9.53 Å². The molecule has 0 amide bonds. The van der Waals surface area contributed by atoms with Crippen LogP contribution in [0.15, 0.2) is 12.3 Å². The third kappa shape index (κ3) is 3.67. The molecule has 31 heavy (non-hydrogen) atoms. The summed E-state index contributed by atoms with van der Waals surface area (Å²) >= 11 is 0. The van der Waals surface area contributed by atoms with Crippen molar-refractivity contribution < 1.29 is 13.9 Å². The molecule has 1 N–H and O–H groups in total. The number of halogens is 1. The quantitative estimate of drug-likeness (QED) is 0.742. The first kappa shape index (κ1) is 20.6. The highest BCUT2D eigenvalue weighted by Gasteiger charge is 2.58. The van der Waals surface area contributed by atoms with E-state index in [4.69, 9.17) is 4.74 Å². The van der Waals surface area contributed by atoms with Crippen LogP contribution in [0.5, 0.6) is 0 Å². The Morgan fingerprint density at radius 3 is 2.65 bits per heavy atom. The van der Waals surface area contributed by atoms with Gasteiger partial charge in [-0.3, -0.25) is 4.79 Å². The molecule has 3 heterocycles. The largest absolute Gasteiger partial charge is 0.369 e. The number of rotatable bonds is 4. The van der Waals surface area contributed by atoms with Crippen molar-refractivity contribution in [3.05, 3.63) is 12.3 Å². The van der Waals surface area contributed by atoms with Crippen molar-refractivity contribution in [2.24, 2.45) is 17.8 Å². The van der Waals surface area contributed by atoms with Crippen molar-refractivity contribution in [3.8, 4) is 0 Å². The van der Waals surface area contributed by atoms with Gasteiger partial charge in [0.15, 0.2) is 5.78 Å². The van der Waals surface area contributed by atoms with Crippen molar-refractivity contribution >= 4 is 5.78 Å². The number of fused-ring (bicyclic) bond motifs is 3. The van der Waals surface area contributed by atoms with Crippen LogP contribution in [0.25, 0.3) is 0 Å². The number of carbonyl (C=O) groups is 1. The maximum atomic E-state index is 15.4. The molecule has 3 aliphatic carbocycles. The van der Waals surface area contributed by atoms with E-state index in [9.17, 15) is 4.79 Å². The summed E-state index contributed by atoms with van der Waals surface area (Å²) in [7, 11) is 0. The van der Waals surface area contributed by atoms with Crippen molar-refractivity contribution in [2.45, 2.75) is 94.3 Å². The van der Waals surface area contributed by atoms with E-state index in [-0.39, 0.29) is 36.0 Å². The molecular weight excluding hydrogens is 393 g/mol. The molecule has 5 nitrogen and oxygen atoms in total. The molecule has 6 heteroatoms. The summed E-state index contributed by atoms with van der Waals surface area (Å²) in [6.07, 6.45) is 13.2. The van der Waals surface area contributed by atoms with Crippen LogP contribution >= 0.6 is 0 Å². The Kier molecular flexibility index (Phi) is 5.60. The number of carbonyl (C=O) groups excluding carboxylic acids is 1. The van der Waals surface area contributed by atoms with Gasteiger partial charge in [-0.05, 0) is 63.1 Å². The second kappa shape index (κ2) is 8.42. The van der Waals surface area contributed by atoms with Gasteiger partial charge in [0.05, 0.1) is 30.3 Å². The number of alkyl halides is 1. The number of nitrogens with zero attached hydrogens (tertiary/aromatic N) is 2. The van der Waals surface area contributed by atoms with Crippen LogP contribution in [0.4, 0.5) is 4.39 Å². The number of morpholine rings is 1. The summed E-state index contributed by atoms with van der Waals surface area (Å²) in [4.78, 5) is 17.6. The van der Waals surface area contributed by atoms with E-state index < -0.39 is 6.17 Å². The van der Waals surface area contributed by atoms with Gasteiger partial charge >= 0.3 is 0 Å². The van der Waals surface area contributed by atoms with Gasteiger partial charge in [-0.2, -0.15) is 0 Å². The van der Waals surface area contributed by atoms with E-state index in [2.05, 4.69) is 15.1 Å². The second-order valence-electron chi connectivity index (χ2n) is 11.0. The lowest BCUT2D eigenvalue weighted by Crippen LogP contribution is -2.73. The first-order chi connectivity index (χ1) is 15.2. The number of hydrogen-bond acceptors (Lipinski definition) is 5. The number of nitrogens with one attached hydrogen (secondary N) is 1. The topological polar surface area (TPSA) is 44.8 Å². The van der Waals surface area contributed by atoms with Gasteiger partial charge < -0.3 is 19.9 Å². The average Bonchev–Trinajstić information content (AvgIpc) is 3.29. The second-order valence-corrected chi connectivity index (χ2v) is 11.0. The molecule has 0 aromatic carbocycles. The maximum Gasteiger partial charge on any atom is 0.162 e. The molecule has 5 fully saturated rings. The van der Waals surface area contributed by atoms with Crippen LogP contribution in [0.3, 0.4) is 0 Å². The predicted molar refractivity (Wildman–Crippen MR) is 117 cm³/mol. The fourth-order valence-corrected chi connectivity index (χ4v) is 7.84. The zero-order chi connectivity index (χ0) is 20.9. The monoisotopic (exact) mass is 431 g/mol. The van der Waals surface area contributed by atoms with Crippen LogP contribution in [0.2, 0.25) is 0 Å². The minimum atomic E-state index is -1.02. The summed E-state index contributed by atoms with van der Waals surface area (Å²) in [5.41, 5.74) is 0. The summed E-state index contributed by atoms with van der Waals surface area (Å²) in [5, 5.41) is 3.55. The third-order valence-corrected chi connectivity index (χ3v) is 9.39. The Hall–Kier alpha value is -0.980. The molecule has 0 radical (unpaired) electrons. The number of hydrogen-bond donors (Lipinski definition) is 1.